The van der Waals surface area contributed by atoms with Crippen molar-refractivity contribution < 1.29 is 17.7 Å². The van der Waals surface area contributed by atoms with Crippen LogP contribution in [0.5, 0.6) is 0 Å². The molecule has 5 rings (SSSR count). The number of aromatic nitrogens is 2. The summed E-state index contributed by atoms with van der Waals surface area (Å²) in [6, 6.07) is 17.6. The van der Waals surface area contributed by atoms with Crippen LogP contribution in [0.25, 0.3) is 17.0 Å². The van der Waals surface area contributed by atoms with Crippen LogP contribution in [-0.2, 0) is 6.54 Å². The van der Waals surface area contributed by atoms with Crippen LogP contribution in [0.15, 0.2) is 83.0 Å². The third kappa shape index (κ3) is 4.67. The van der Waals surface area contributed by atoms with Gasteiger partial charge in [-0.25, -0.2) is 13.2 Å². The molecule has 3 aromatic carbocycles. The van der Waals surface area contributed by atoms with Crippen LogP contribution >= 0.6 is 12.2 Å². The first-order valence-electron chi connectivity index (χ1n) is 10.8. The fourth-order valence-corrected chi connectivity index (χ4v) is 4.32. The van der Waals surface area contributed by atoms with Gasteiger partial charge in [0.1, 0.15) is 17.5 Å². The van der Waals surface area contributed by atoms with Gasteiger partial charge < -0.3 is 14.7 Å². The zero-order valence-corrected chi connectivity index (χ0v) is 19.3. The fourth-order valence-electron chi connectivity index (χ4n) is 4.00. The summed E-state index contributed by atoms with van der Waals surface area (Å²) in [7, 11) is 0. The SMILES string of the molecule is CC1=C(c2nc(-c3cccc(F)c3)no2)C(c2ccc(F)cc2)NC(=S)N1Cc1ccc(F)cc1. The molecule has 0 bridgehead atoms. The van der Waals surface area contributed by atoms with Crippen molar-refractivity contribution in [2.24, 2.45) is 0 Å². The molecular weight excluding hydrogens is 473 g/mol. The summed E-state index contributed by atoms with van der Waals surface area (Å²) >= 11 is 5.66. The van der Waals surface area contributed by atoms with Gasteiger partial charge >= 0.3 is 0 Å². The molecule has 1 unspecified atom stereocenters. The number of thiocarbonyl (C=S) groups is 1. The van der Waals surface area contributed by atoms with E-state index < -0.39 is 11.9 Å². The van der Waals surface area contributed by atoms with Gasteiger partial charge in [-0.3, -0.25) is 0 Å². The predicted molar refractivity (Wildman–Crippen MR) is 129 cm³/mol. The second kappa shape index (κ2) is 9.34. The molecule has 0 saturated carbocycles. The maximum atomic E-state index is 13.7. The Morgan fingerprint density at radius 2 is 1.63 bits per heavy atom. The minimum Gasteiger partial charge on any atom is -0.351 e. The van der Waals surface area contributed by atoms with E-state index in [0.29, 0.717) is 22.8 Å². The largest absolute Gasteiger partial charge is 0.351 e. The topological polar surface area (TPSA) is 54.2 Å². The number of hydrogen-bond acceptors (Lipinski definition) is 4. The minimum absolute atomic E-state index is 0.218. The summed E-state index contributed by atoms with van der Waals surface area (Å²) in [5.41, 5.74) is 3.44. The molecule has 4 aromatic rings. The van der Waals surface area contributed by atoms with Gasteiger partial charge in [0.25, 0.3) is 5.89 Å². The Morgan fingerprint density at radius 1 is 0.943 bits per heavy atom. The number of nitrogens with zero attached hydrogens (tertiary/aromatic N) is 3. The quantitative estimate of drug-likeness (QED) is 0.344. The monoisotopic (exact) mass is 492 g/mol. The van der Waals surface area contributed by atoms with E-state index in [4.69, 9.17) is 16.7 Å². The van der Waals surface area contributed by atoms with Crippen LogP contribution in [0.1, 0.15) is 30.0 Å². The molecule has 9 heteroatoms. The molecule has 0 spiro atoms. The average molecular weight is 493 g/mol. The van der Waals surface area contributed by atoms with E-state index >= 15 is 0 Å². The zero-order chi connectivity index (χ0) is 24.5. The summed E-state index contributed by atoms with van der Waals surface area (Å²) in [5.74, 6) is -0.652. The zero-order valence-electron chi connectivity index (χ0n) is 18.5. The van der Waals surface area contributed by atoms with Crippen molar-refractivity contribution in [1.29, 1.82) is 0 Å². The summed E-state index contributed by atoms with van der Waals surface area (Å²) in [6.07, 6.45) is 0. The second-order valence-corrected chi connectivity index (χ2v) is 8.47. The second-order valence-electron chi connectivity index (χ2n) is 8.08. The van der Waals surface area contributed by atoms with E-state index in [1.54, 1.807) is 36.4 Å². The normalized spacial score (nSPS) is 15.9. The lowest BCUT2D eigenvalue weighted by molar-refractivity contribution is 0.396. The van der Waals surface area contributed by atoms with Gasteiger partial charge in [-0.2, -0.15) is 4.98 Å². The molecule has 2 heterocycles. The number of rotatable bonds is 5. The molecule has 1 aliphatic heterocycles. The third-order valence-electron chi connectivity index (χ3n) is 5.79. The minimum atomic E-state index is -0.492. The lowest BCUT2D eigenvalue weighted by Gasteiger charge is -2.37. The smallest absolute Gasteiger partial charge is 0.258 e. The van der Waals surface area contributed by atoms with Gasteiger partial charge in [-0.15, -0.1) is 0 Å². The first-order chi connectivity index (χ1) is 16.9. The van der Waals surface area contributed by atoms with Crippen molar-refractivity contribution in [1.82, 2.24) is 20.4 Å². The van der Waals surface area contributed by atoms with E-state index in [0.717, 1.165) is 16.8 Å². The summed E-state index contributed by atoms with van der Waals surface area (Å²) in [5, 5.41) is 7.78. The molecular formula is C26H19F3N4OS. The molecule has 176 valence electrons. The molecule has 35 heavy (non-hydrogen) atoms. The summed E-state index contributed by atoms with van der Waals surface area (Å²) < 4.78 is 46.4. The van der Waals surface area contributed by atoms with Gasteiger partial charge in [-0.1, -0.05) is 41.6 Å². The number of nitrogens with one attached hydrogen (secondary N) is 1. The van der Waals surface area contributed by atoms with Gasteiger partial charge in [0.05, 0.1) is 11.6 Å². The maximum Gasteiger partial charge on any atom is 0.258 e. The molecule has 1 N–H and O–H groups in total. The van der Waals surface area contributed by atoms with Gasteiger partial charge in [0, 0.05) is 17.8 Å². The van der Waals surface area contributed by atoms with Crippen molar-refractivity contribution in [3.05, 3.63) is 113 Å². The van der Waals surface area contributed by atoms with Gasteiger partial charge in [-0.05, 0) is 66.7 Å². The van der Waals surface area contributed by atoms with Crippen LogP contribution in [0.3, 0.4) is 0 Å². The van der Waals surface area contributed by atoms with Crippen molar-refractivity contribution in [2.75, 3.05) is 0 Å². The van der Waals surface area contributed by atoms with Crippen molar-refractivity contribution in [2.45, 2.75) is 19.5 Å². The van der Waals surface area contributed by atoms with Crippen LogP contribution in [-0.4, -0.2) is 20.2 Å². The van der Waals surface area contributed by atoms with Crippen molar-refractivity contribution in [3.63, 3.8) is 0 Å². The highest BCUT2D eigenvalue weighted by molar-refractivity contribution is 7.80. The number of hydrogen-bond donors (Lipinski definition) is 1. The van der Waals surface area contributed by atoms with E-state index in [1.165, 1.54) is 36.4 Å². The maximum absolute atomic E-state index is 13.7. The molecule has 0 radical (unpaired) electrons. The summed E-state index contributed by atoms with van der Waals surface area (Å²) in [4.78, 5) is 6.38. The average Bonchev–Trinajstić information content (AvgIpc) is 3.33. The highest BCUT2D eigenvalue weighted by atomic mass is 32.1. The Kier molecular flexibility index (Phi) is 6.08. The molecule has 5 nitrogen and oxygen atoms in total. The first-order valence-corrected chi connectivity index (χ1v) is 11.2. The molecule has 1 aromatic heterocycles. The van der Waals surface area contributed by atoms with E-state index in [1.807, 2.05) is 11.8 Å². The lowest BCUT2D eigenvalue weighted by atomic mass is 9.94. The Morgan fingerprint density at radius 3 is 2.31 bits per heavy atom. The van der Waals surface area contributed by atoms with E-state index in [-0.39, 0.29) is 23.3 Å². The van der Waals surface area contributed by atoms with Crippen molar-refractivity contribution >= 4 is 22.9 Å². The standard InChI is InChI=1S/C26H19F3N4OS/c1-15-22(25-31-24(32-34-25)18-3-2-4-21(29)13-18)23(17-7-11-20(28)12-8-17)30-26(35)33(15)14-16-5-9-19(27)10-6-16/h2-13,23H,14H2,1H3,(H,30,35). The molecule has 0 saturated heterocycles. The Balaban J connectivity index is 1.59. The Hall–Kier alpha value is -3.98. The molecule has 0 amide bonds. The fraction of sp³-hybridized carbons (Fsp3) is 0.115. The third-order valence-corrected chi connectivity index (χ3v) is 6.13. The highest BCUT2D eigenvalue weighted by Crippen LogP contribution is 2.38. The van der Waals surface area contributed by atoms with Gasteiger partial charge in [0.2, 0.25) is 5.82 Å². The number of allylic oxidation sites excluding steroid dienone is 1. The first kappa shape index (κ1) is 22.8. The summed E-state index contributed by atoms with van der Waals surface area (Å²) in [6.45, 7) is 2.25. The van der Waals surface area contributed by atoms with Crippen LogP contribution in [0.2, 0.25) is 0 Å². The number of benzene rings is 3. The van der Waals surface area contributed by atoms with E-state index in [9.17, 15) is 13.2 Å². The molecule has 1 atom stereocenters. The molecule has 0 fully saturated rings. The molecule has 0 aliphatic carbocycles. The lowest BCUT2D eigenvalue weighted by Crippen LogP contribution is -2.45. The predicted octanol–water partition coefficient (Wildman–Crippen LogP) is 6.02. The van der Waals surface area contributed by atoms with Crippen LogP contribution in [0.4, 0.5) is 13.2 Å². The highest BCUT2D eigenvalue weighted by Gasteiger charge is 2.34. The van der Waals surface area contributed by atoms with Gasteiger partial charge in [0.15, 0.2) is 5.11 Å². The molecule has 1 aliphatic rings. The Bertz CT molecular complexity index is 1420. The number of halogens is 3. The van der Waals surface area contributed by atoms with Crippen LogP contribution < -0.4 is 5.32 Å². The van der Waals surface area contributed by atoms with E-state index in [2.05, 4.69) is 15.5 Å². The van der Waals surface area contributed by atoms with Crippen molar-refractivity contribution in [3.8, 4) is 11.4 Å². The Labute approximate surface area is 204 Å². The van der Waals surface area contributed by atoms with Crippen LogP contribution in [0, 0.1) is 17.5 Å².